The predicted molar refractivity (Wildman–Crippen MR) is 81.6 cm³/mol. The van der Waals surface area contributed by atoms with Crippen LogP contribution >= 0.6 is 15.9 Å². The Kier molecular flexibility index (Phi) is 5.24. The topological polar surface area (TPSA) is 38.0 Å². The van der Waals surface area contributed by atoms with Crippen LogP contribution in [0.2, 0.25) is 0 Å². The summed E-state index contributed by atoms with van der Waals surface area (Å²) in [5, 5.41) is 2.10. The van der Waals surface area contributed by atoms with Gasteiger partial charge in [0.25, 0.3) is 0 Å². The van der Waals surface area contributed by atoms with E-state index in [1.165, 1.54) is 0 Å². The second kappa shape index (κ2) is 6.77. The molecular formula is C15H16BrF3N2. The molecule has 1 unspecified atom stereocenters. The van der Waals surface area contributed by atoms with E-state index in [1.54, 1.807) is 0 Å². The first-order chi connectivity index (χ1) is 9.89. The molecule has 0 heterocycles. The molecule has 0 aromatic heterocycles. The van der Waals surface area contributed by atoms with Crippen LogP contribution in [0.3, 0.4) is 0 Å². The number of benzene rings is 2. The summed E-state index contributed by atoms with van der Waals surface area (Å²) in [4.78, 5) is 0. The fourth-order valence-electron chi connectivity index (χ4n) is 2.30. The van der Waals surface area contributed by atoms with Crippen LogP contribution in [0.15, 0.2) is 40.9 Å². The van der Waals surface area contributed by atoms with Gasteiger partial charge in [0.05, 0.1) is 0 Å². The lowest BCUT2D eigenvalue weighted by Gasteiger charge is -2.17. The number of nitrogens with one attached hydrogen (secondary N) is 1. The number of rotatable bonds is 5. The summed E-state index contributed by atoms with van der Waals surface area (Å²) in [6.45, 7) is 0. The average Bonchev–Trinajstić information content (AvgIpc) is 2.42. The molecule has 21 heavy (non-hydrogen) atoms. The smallest absolute Gasteiger partial charge is 0.271 e. The monoisotopic (exact) mass is 360 g/mol. The predicted octanol–water partition coefficient (Wildman–Crippen LogP) is 4.84. The van der Waals surface area contributed by atoms with E-state index in [0.29, 0.717) is 6.42 Å². The second-order valence-corrected chi connectivity index (χ2v) is 5.89. The second-order valence-electron chi connectivity index (χ2n) is 4.98. The van der Waals surface area contributed by atoms with Crippen LogP contribution in [0.4, 0.5) is 13.2 Å². The van der Waals surface area contributed by atoms with Gasteiger partial charge in [-0.2, -0.15) is 13.2 Å². The zero-order valence-corrected chi connectivity index (χ0v) is 12.8. The van der Waals surface area contributed by atoms with Crippen LogP contribution in [0.25, 0.3) is 10.8 Å². The average molecular weight is 361 g/mol. The van der Waals surface area contributed by atoms with Gasteiger partial charge >= 0.3 is 6.18 Å². The van der Waals surface area contributed by atoms with Crippen LogP contribution in [0.1, 0.15) is 30.9 Å². The van der Waals surface area contributed by atoms with Crippen LogP contribution < -0.4 is 11.3 Å². The summed E-state index contributed by atoms with van der Waals surface area (Å²) in [6, 6.07) is 11.4. The largest absolute Gasteiger partial charge is 0.389 e. The molecule has 2 aromatic rings. The van der Waals surface area contributed by atoms with E-state index in [0.717, 1.165) is 20.8 Å². The van der Waals surface area contributed by atoms with Crippen LogP contribution in [-0.4, -0.2) is 6.18 Å². The minimum absolute atomic E-state index is 0.0523. The van der Waals surface area contributed by atoms with Crippen molar-refractivity contribution >= 4 is 26.7 Å². The fourth-order valence-corrected chi connectivity index (χ4v) is 2.68. The number of hydrogen-bond donors (Lipinski definition) is 2. The highest BCUT2D eigenvalue weighted by atomic mass is 79.9. The number of alkyl halides is 3. The first-order valence-electron chi connectivity index (χ1n) is 6.61. The number of fused-ring (bicyclic) bond motifs is 1. The van der Waals surface area contributed by atoms with Gasteiger partial charge in [0.15, 0.2) is 0 Å². The van der Waals surface area contributed by atoms with Crippen molar-refractivity contribution in [3.05, 3.63) is 46.4 Å². The molecule has 0 aliphatic heterocycles. The lowest BCUT2D eigenvalue weighted by molar-refractivity contribution is -0.135. The van der Waals surface area contributed by atoms with Crippen molar-refractivity contribution in [2.75, 3.05) is 0 Å². The van der Waals surface area contributed by atoms with E-state index in [9.17, 15) is 13.2 Å². The molecule has 0 saturated heterocycles. The Morgan fingerprint density at radius 1 is 1.10 bits per heavy atom. The van der Waals surface area contributed by atoms with Gasteiger partial charge in [-0.3, -0.25) is 11.3 Å². The normalized spacial score (nSPS) is 13.6. The molecule has 114 valence electrons. The molecule has 2 rings (SSSR count). The van der Waals surface area contributed by atoms with Gasteiger partial charge in [-0.05, 0) is 47.4 Å². The quantitative estimate of drug-likeness (QED) is 0.591. The van der Waals surface area contributed by atoms with E-state index in [1.807, 2.05) is 36.4 Å². The molecule has 0 bridgehead atoms. The summed E-state index contributed by atoms with van der Waals surface area (Å²) in [5.74, 6) is 5.48. The van der Waals surface area contributed by atoms with Gasteiger partial charge in [0.2, 0.25) is 0 Å². The number of hydrazine groups is 1. The SMILES string of the molecule is NNC(CCCC(F)(F)F)c1ccc2cc(Br)ccc2c1. The van der Waals surface area contributed by atoms with Crippen molar-refractivity contribution in [3.63, 3.8) is 0 Å². The summed E-state index contributed by atoms with van der Waals surface area (Å²) in [5.41, 5.74) is 3.50. The summed E-state index contributed by atoms with van der Waals surface area (Å²) >= 11 is 3.41. The highest BCUT2D eigenvalue weighted by molar-refractivity contribution is 9.10. The van der Waals surface area contributed by atoms with Crippen molar-refractivity contribution in [3.8, 4) is 0 Å². The summed E-state index contributed by atoms with van der Waals surface area (Å²) in [7, 11) is 0. The number of halogens is 4. The van der Waals surface area contributed by atoms with E-state index in [4.69, 9.17) is 5.84 Å². The van der Waals surface area contributed by atoms with Gasteiger partial charge in [0, 0.05) is 16.9 Å². The minimum Gasteiger partial charge on any atom is -0.271 e. The molecular weight excluding hydrogens is 345 g/mol. The van der Waals surface area contributed by atoms with Crippen molar-refractivity contribution in [2.45, 2.75) is 31.5 Å². The summed E-state index contributed by atoms with van der Waals surface area (Å²) < 4.78 is 37.6. The van der Waals surface area contributed by atoms with Gasteiger partial charge in [-0.1, -0.05) is 34.1 Å². The Hall–Kier alpha value is -1.11. The maximum absolute atomic E-state index is 12.2. The van der Waals surface area contributed by atoms with Gasteiger partial charge in [-0.15, -0.1) is 0 Å². The molecule has 0 amide bonds. The Morgan fingerprint density at radius 2 is 1.76 bits per heavy atom. The first-order valence-corrected chi connectivity index (χ1v) is 7.40. The molecule has 2 nitrogen and oxygen atoms in total. The van der Waals surface area contributed by atoms with Crippen LogP contribution in [0.5, 0.6) is 0 Å². The lowest BCUT2D eigenvalue weighted by atomic mass is 9.98. The minimum atomic E-state index is -4.12. The third-order valence-corrected chi connectivity index (χ3v) is 3.88. The number of hydrogen-bond acceptors (Lipinski definition) is 2. The maximum Gasteiger partial charge on any atom is 0.389 e. The molecule has 2 aromatic carbocycles. The van der Waals surface area contributed by atoms with E-state index in [2.05, 4.69) is 21.4 Å². The van der Waals surface area contributed by atoms with Crippen molar-refractivity contribution in [2.24, 2.45) is 5.84 Å². The Bertz CT molecular complexity index is 613. The maximum atomic E-state index is 12.2. The molecule has 0 radical (unpaired) electrons. The van der Waals surface area contributed by atoms with E-state index in [-0.39, 0.29) is 12.5 Å². The molecule has 6 heteroatoms. The molecule has 0 saturated carbocycles. The molecule has 0 fully saturated rings. The Balaban J connectivity index is 2.12. The van der Waals surface area contributed by atoms with E-state index >= 15 is 0 Å². The molecule has 0 aliphatic carbocycles. The van der Waals surface area contributed by atoms with Crippen LogP contribution in [0, 0.1) is 0 Å². The first kappa shape index (κ1) is 16.3. The van der Waals surface area contributed by atoms with Gasteiger partial charge in [-0.25, -0.2) is 0 Å². The molecule has 0 aliphatic rings. The highest BCUT2D eigenvalue weighted by Crippen LogP contribution is 2.28. The third kappa shape index (κ3) is 4.69. The van der Waals surface area contributed by atoms with Gasteiger partial charge in [0.1, 0.15) is 0 Å². The number of nitrogens with two attached hydrogens (primary N) is 1. The standard InChI is InChI=1S/C15H16BrF3N2/c16-13-6-5-10-8-12(4-3-11(10)9-13)14(21-20)2-1-7-15(17,18)19/h3-6,8-9,14,21H,1-2,7,20H2. The Labute approximate surface area is 129 Å². The Morgan fingerprint density at radius 3 is 2.43 bits per heavy atom. The molecule has 1 atom stereocenters. The van der Waals surface area contributed by atoms with E-state index < -0.39 is 12.6 Å². The summed E-state index contributed by atoms with van der Waals surface area (Å²) in [6.07, 6.45) is -4.50. The van der Waals surface area contributed by atoms with Crippen molar-refractivity contribution < 1.29 is 13.2 Å². The van der Waals surface area contributed by atoms with Crippen molar-refractivity contribution in [1.29, 1.82) is 0 Å². The lowest BCUT2D eigenvalue weighted by Crippen LogP contribution is -2.28. The molecule has 0 spiro atoms. The van der Waals surface area contributed by atoms with Gasteiger partial charge < -0.3 is 0 Å². The zero-order chi connectivity index (χ0) is 15.5. The third-order valence-electron chi connectivity index (χ3n) is 3.38. The van der Waals surface area contributed by atoms with Crippen molar-refractivity contribution in [1.82, 2.24) is 5.43 Å². The zero-order valence-electron chi connectivity index (χ0n) is 11.3. The van der Waals surface area contributed by atoms with Crippen LogP contribution in [-0.2, 0) is 0 Å². The molecule has 3 N–H and O–H groups in total. The fraction of sp³-hybridized carbons (Fsp3) is 0.333. The highest BCUT2D eigenvalue weighted by Gasteiger charge is 2.26.